The minimum Gasteiger partial charge on any atom is -0.267 e. The Morgan fingerprint density at radius 1 is 1.19 bits per heavy atom. The van der Waals surface area contributed by atoms with Gasteiger partial charge in [-0.15, -0.1) is 6.58 Å². The van der Waals surface area contributed by atoms with Crippen LogP contribution in [0.5, 0.6) is 0 Å². The predicted octanol–water partition coefficient (Wildman–Crippen LogP) is 2.18. The summed E-state index contributed by atoms with van der Waals surface area (Å²) in [5.41, 5.74) is 0.856. The highest BCUT2D eigenvalue weighted by molar-refractivity contribution is 5.95. The van der Waals surface area contributed by atoms with Crippen LogP contribution in [0.3, 0.4) is 0 Å². The molecule has 0 atom stereocenters. The van der Waals surface area contributed by atoms with Gasteiger partial charge in [-0.3, -0.25) is 25.0 Å². The molecular formula is C12H12N4O5. The molecule has 1 aromatic rings. The van der Waals surface area contributed by atoms with Gasteiger partial charge in [-0.05, 0) is 12.8 Å². The van der Waals surface area contributed by atoms with E-state index >= 15 is 0 Å². The lowest BCUT2D eigenvalue weighted by Crippen LogP contribution is -2.17. The molecule has 0 aliphatic carbocycles. The van der Waals surface area contributed by atoms with Crippen LogP contribution in [-0.2, 0) is 0 Å². The van der Waals surface area contributed by atoms with E-state index in [2.05, 4.69) is 17.1 Å². The number of hydrogen-bond acceptors (Lipinski definition) is 6. The molecule has 0 aliphatic rings. The van der Waals surface area contributed by atoms with Crippen molar-refractivity contribution in [3.05, 3.63) is 56.6 Å². The van der Waals surface area contributed by atoms with Crippen molar-refractivity contribution in [2.24, 2.45) is 5.10 Å². The highest BCUT2D eigenvalue weighted by Gasteiger charge is 2.19. The van der Waals surface area contributed by atoms with Gasteiger partial charge in [0.05, 0.1) is 21.5 Å². The van der Waals surface area contributed by atoms with Gasteiger partial charge in [-0.25, -0.2) is 5.43 Å². The van der Waals surface area contributed by atoms with Gasteiger partial charge in [0.15, 0.2) is 0 Å². The number of benzene rings is 1. The van der Waals surface area contributed by atoms with Gasteiger partial charge in [0.25, 0.3) is 17.3 Å². The molecule has 0 saturated heterocycles. The molecule has 21 heavy (non-hydrogen) atoms. The number of nitro benzene ring substituents is 2. The average molecular weight is 292 g/mol. The summed E-state index contributed by atoms with van der Waals surface area (Å²) >= 11 is 0. The zero-order valence-corrected chi connectivity index (χ0v) is 10.9. The molecule has 1 aromatic carbocycles. The van der Waals surface area contributed by atoms with Crippen molar-refractivity contribution in [2.45, 2.75) is 12.8 Å². The predicted molar refractivity (Wildman–Crippen MR) is 75.1 cm³/mol. The SMILES string of the molecule is C=CCC/C=N/NC(=O)c1cc([N+](=O)[O-])cc([N+](=O)[O-])c1. The quantitative estimate of drug-likeness (QED) is 0.271. The maximum absolute atomic E-state index is 11.7. The molecule has 110 valence electrons. The monoisotopic (exact) mass is 292 g/mol. The number of hydrazone groups is 1. The Kier molecular flexibility index (Phi) is 5.68. The molecule has 0 aromatic heterocycles. The van der Waals surface area contributed by atoms with Gasteiger partial charge in [0.2, 0.25) is 0 Å². The van der Waals surface area contributed by atoms with Crippen molar-refractivity contribution in [3.8, 4) is 0 Å². The third kappa shape index (κ3) is 4.82. The van der Waals surface area contributed by atoms with Crippen molar-refractivity contribution in [3.63, 3.8) is 0 Å². The fraction of sp³-hybridized carbons (Fsp3) is 0.167. The molecular weight excluding hydrogens is 280 g/mol. The van der Waals surface area contributed by atoms with Crippen LogP contribution in [0.15, 0.2) is 36.0 Å². The van der Waals surface area contributed by atoms with E-state index in [4.69, 9.17) is 0 Å². The Hall–Kier alpha value is -3.10. The summed E-state index contributed by atoms with van der Waals surface area (Å²) in [7, 11) is 0. The van der Waals surface area contributed by atoms with E-state index in [9.17, 15) is 25.0 Å². The summed E-state index contributed by atoms with van der Waals surface area (Å²) in [6, 6.07) is 2.67. The van der Waals surface area contributed by atoms with Crippen LogP contribution in [-0.4, -0.2) is 22.0 Å². The molecule has 0 spiro atoms. The molecule has 1 amide bonds. The van der Waals surface area contributed by atoms with E-state index in [0.717, 1.165) is 18.2 Å². The van der Waals surface area contributed by atoms with Crippen molar-refractivity contribution >= 4 is 23.5 Å². The average Bonchev–Trinajstić information content (AvgIpc) is 2.46. The number of allylic oxidation sites excluding steroid dienone is 1. The number of amides is 1. The minimum atomic E-state index is -0.808. The zero-order valence-electron chi connectivity index (χ0n) is 10.9. The number of hydrogen-bond donors (Lipinski definition) is 1. The lowest BCUT2D eigenvalue weighted by atomic mass is 10.1. The zero-order chi connectivity index (χ0) is 15.8. The van der Waals surface area contributed by atoms with E-state index in [-0.39, 0.29) is 5.56 Å². The highest BCUT2D eigenvalue weighted by atomic mass is 16.6. The first-order chi connectivity index (χ1) is 9.95. The van der Waals surface area contributed by atoms with Crippen LogP contribution in [0.1, 0.15) is 23.2 Å². The van der Waals surface area contributed by atoms with Crippen LogP contribution < -0.4 is 5.43 Å². The molecule has 9 nitrogen and oxygen atoms in total. The van der Waals surface area contributed by atoms with Gasteiger partial charge in [-0.1, -0.05) is 6.08 Å². The number of unbranched alkanes of at least 4 members (excludes halogenated alkanes) is 1. The van der Waals surface area contributed by atoms with Gasteiger partial charge in [0.1, 0.15) is 0 Å². The van der Waals surface area contributed by atoms with Crippen molar-refractivity contribution in [1.29, 1.82) is 0 Å². The Bertz CT molecular complexity index is 579. The van der Waals surface area contributed by atoms with Crippen LogP contribution >= 0.6 is 0 Å². The maximum Gasteiger partial charge on any atom is 0.277 e. The molecule has 1 rings (SSSR count). The second-order valence-electron chi connectivity index (χ2n) is 3.87. The van der Waals surface area contributed by atoms with E-state index in [1.54, 1.807) is 6.08 Å². The second-order valence-corrected chi connectivity index (χ2v) is 3.87. The summed E-state index contributed by atoms with van der Waals surface area (Å²) in [5.74, 6) is -0.767. The lowest BCUT2D eigenvalue weighted by Gasteiger charge is -2.00. The number of carbonyl (C=O) groups is 1. The molecule has 0 fully saturated rings. The smallest absolute Gasteiger partial charge is 0.267 e. The molecule has 0 bridgehead atoms. The Morgan fingerprint density at radius 3 is 2.24 bits per heavy atom. The largest absolute Gasteiger partial charge is 0.277 e. The fourth-order valence-corrected chi connectivity index (χ4v) is 1.36. The first kappa shape index (κ1) is 16.0. The first-order valence-corrected chi connectivity index (χ1v) is 5.82. The summed E-state index contributed by atoms with van der Waals surface area (Å²) in [6.45, 7) is 3.52. The molecule has 0 unspecified atom stereocenters. The first-order valence-electron chi connectivity index (χ1n) is 5.82. The minimum absolute atomic E-state index is 0.211. The van der Waals surface area contributed by atoms with E-state index in [0.29, 0.717) is 12.8 Å². The topological polar surface area (TPSA) is 128 Å². The van der Waals surface area contributed by atoms with Crippen molar-refractivity contribution in [2.75, 3.05) is 0 Å². The normalized spacial score (nSPS) is 10.3. The Morgan fingerprint density at radius 2 is 1.76 bits per heavy atom. The number of nitro groups is 2. The second kappa shape index (κ2) is 7.48. The van der Waals surface area contributed by atoms with Crippen LogP contribution in [0, 0.1) is 20.2 Å². The highest BCUT2D eigenvalue weighted by Crippen LogP contribution is 2.22. The third-order valence-corrected chi connectivity index (χ3v) is 2.34. The number of nitrogens with zero attached hydrogens (tertiary/aromatic N) is 3. The molecule has 9 heteroatoms. The molecule has 0 heterocycles. The van der Waals surface area contributed by atoms with Crippen LogP contribution in [0.2, 0.25) is 0 Å². The van der Waals surface area contributed by atoms with Gasteiger partial charge >= 0.3 is 0 Å². The Balaban J connectivity index is 2.92. The summed E-state index contributed by atoms with van der Waals surface area (Å²) in [4.78, 5) is 31.5. The summed E-state index contributed by atoms with van der Waals surface area (Å²) < 4.78 is 0. The Labute approximate surface area is 119 Å². The van der Waals surface area contributed by atoms with E-state index < -0.39 is 27.1 Å². The number of nitrogens with one attached hydrogen (secondary N) is 1. The molecule has 0 saturated carbocycles. The summed E-state index contributed by atoms with van der Waals surface area (Å²) in [6.07, 6.45) is 4.36. The van der Waals surface area contributed by atoms with Crippen LogP contribution in [0.4, 0.5) is 11.4 Å². The number of non-ortho nitro benzene ring substituents is 2. The summed E-state index contributed by atoms with van der Waals surface area (Å²) in [5, 5.41) is 25.0. The van der Waals surface area contributed by atoms with E-state index in [1.807, 2.05) is 0 Å². The van der Waals surface area contributed by atoms with E-state index in [1.165, 1.54) is 6.21 Å². The fourth-order valence-electron chi connectivity index (χ4n) is 1.36. The van der Waals surface area contributed by atoms with Gasteiger partial charge in [-0.2, -0.15) is 5.10 Å². The van der Waals surface area contributed by atoms with Gasteiger partial charge in [0, 0.05) is 18.3 Å². The number of carbonyl (C=O) groups excluding carboxylic acids is 1. The molecule has 0 aliphatic heterocycles. The maximum atomic E-state index is 11.7. The molecule has 1 N–H and O–H groups in total. The van der Waals surface area contributed by atoms with Gasteiger partial charge < -0.3 is 0 Å². The standard InChI is InChI=1S/C12H12N4O5/c1-2-3-4-5-13-14-12(17)9-6-10(15(18)19)8-11(7-9)16(20)21/h2,5-8H,1,3-4H2,(H,14,17)/b13-5+. The molecule has 0 radical (unpaired) electrons. The number of rotatable bonds is 7. The van der Waals surface area contributed by atoms with Crippen LogP contribution in [0.25, 0.3) is 0 Å². The third-order valence-electron chi connectivity index (χ3n) is 2.34. The van der Waals surface area contributed by atoms with Crippen molar-refractivity contribution in [1.82, 2.24) is 5.43 Å². The lowest BCUT2D eigenvalue weighted by molar-refractivity contribution is -0.394. The van der Waals surface area contributed by atoms with Crippen molar-refractivity contribution < 1.29 is 14.6 Å².